The lowest BCUT2D eigenvalue weighted by molar-refractivity contribution is 0.792. The molecule has 0 saturated carbocycles. The van der Waals surface area contributed by atoms with Gasteiger partial charge in [0.2, 0.25) is 0 Å². The van der Waals surface area contributed by atoms with E-state index in [1.54, 1.807) is 0 Å². The lowest BCUT2D eigenvalue weighted by atomic mass is 9.70. The van der Waals surface area contributed by atoms with Gasteiger partial charge < -0.3 is 9.13 Å². The maximum absolute atomic E-state index is 2.49. The summed E-state index contributed by atoms with van der Waals surface area (Å²) in [6, 6.07) is 60.7. The van der Waals surface area contributed by atoms with Gasteiger partial charge in [0.15, 0.2) is 0 Å². The van der Waals surface area contributed by atoms with Gasteiger partial charge in [0.1, 0.15) is 0 Å². The summed E-state index contributed by atoms with van der Waals surface area (Å²) in [5.74, 6) is 0. The third kappa shape index (κ3) is 3.05. The number of aromatic nitrogens is 2. The first-order chi connectivity index (χ1) is 23.3. The molecule has 0 radical (unpaired) electrons. The molecule has 2 heteroatoms. The maximum Gasteiger partial charge on any atom is 0.0726 e. The van der Waals surface area contributed by atoms with E-state index in [2.05, 4.69) is 179 Å². The first-order valence-corrected chi connectivity index (χ1v) is 16.4. The van der Waals surface area contributed by atoms with Gasteiger partial charge in [0.05, 0.1) is 22.0 Å². The maximum atomic E-state index is 2.49. The Morgan fingerprint density at radius 2 is 0.915 bits per heavy atom. The van der Waals surface area contributed by atoms with Crippen LogP contribution in [-0.2, 0) is 5.41 Å². The molecule has 0 unspecified atom stereocenters. The van der Waals surface area contributed by atoms with Crippen molar-refractivity contribution in [1.82, 2.24) is 9.13 Å². The van der Waals surface area contributed by atoms with E-state index in [1.165, 1.54) is 88.6 Å². The van der Waals surface area contributed by atoms with Gasteiger partial charge >= 0.3 is 0 Å². The first-order valence-electron chi connectivity index (χ1n) is 16.4. The van der Waals surface area contributed by atoms with E-state index in [1.807, 2.05) is 0 Å². The van der Waals surface area contributed by atoms with E-state index in [0.717, 1.165) is 0 Å². The molecule has 0 atom stereocenters. The molecule has 0 aliphatic heterocycles. The zero-order valence-electron chi connectivity index (χ0n) is 25.6. The second kappa shape index (κ2) is 8.99. The van der Waals surface area contributed by atoms with Crippen molar-refractivity contribution in [3.8, 4) is 33.6 Å². The second-order valence-electron chi connectivity index (χ2n) is 12.9. The predicted molar refractivity (Wildman–Crippen MR) is 194 cm³/mol. The quantitative estimate of drug-likeness (QED) is 0.188. The zero-order valence-corrected chi connectivity index (χ0v) is 25.6. The molecule has 0 saturated heterocycles. The van der Waals surface area contributed by atoms with Gasteiger partial charge in [-0.2, -0.15) is 0 Å². The minimum atomic E-state index is -0.367. The van der Waals surface area contributed by atoms with Crippen molar-refractivity contribution in [1.29, 1.82) is 0 Å². The Kier molecular flexibility index (Phi) is 4.80. The molecule has 1 spiro atoms. The summed E-state index contributed by atoms with van der Waals surface area (Å²) in [5.41, 5.74) is 16.4. The van der Waals surface area contributed by atoms with Gasteiger partial charge in [-0.25, -0.2) is 0 Å². The fraction of sp³-hybridized carbons (Fsp3) is 0.0222. The Balaban J connectivity index is 1.22. The minimum absolute atomic E-state index is 0.367. The van der Waals surface area contributed by atoms with E-state index < -0.39 is 0 Å². The second-order valence-corrected chi connectivity index (χ2v) is 12.9. The summed E-state index contributed by atoms with van der Waals surface area (Å²) in [5, 5.41) is 3.83. The van der Waals surface area contributed by atoms with Crippen LogP contribution < -0.4 is 0 Å². The Bertz CT molecular complexity index is 2680. The first kappa shape index (κ1) is 25.1. The number of rotatable bonds is 2. The molecule has 0 fully saturated rings. The molecule has 0 N–H and O–H groups in total. The van der Waals surface area contributed by atoms with Gasteiger partial charge in [0, 0.05) is 33.7 Å². The lowest BCUT2D eigenvalue weighted by Gasteiger charge is -2.30. The van der Waals surface area contributed by atoms with Crippen LogP contribution in [0.25, 0.3) is 66.3 Å². The summed E-state index contributed by atoms with van der Waals surface area (Å²) in [4.78, 5) is 0. The monoisotopic (exact) mass is 596 g/mol. The van der Waals surface area contributed by atoms with Crippen LogP contribution in [0.5, 0.6) is 0 Å². The van der Waals surface area contributed by atoms with Crippen LogP contribution in [0.4, 0.5) is 0 Å². The summed E-state index contributed by atoms with van der Waals surface area (Å²) >= 11 is 0. The number of nitrogens with zero attached hydrogens (tertiary/aromatic N) is 2. The molecule has 2 aliphatic carbocycles. The smallest absolute Gasteiger partial charge is 0.0726 e. The van der Waals surface area contributed by atoms with Crippen LogP contribution in [-0.4, -0.2) is 9.13 Å². The summed E-state index contributed by atoms with van der Waals surface area (Å²) in [6.07, 6.45) is 2.21. The fourth-order valence-corrected chi connectivity index (χ4v) is 9.00. The van der Waals surface area contributed by atoms with Crippen molar-refractivity contribution in [3.63, 3.8) is 0 Å². The Morgan fingerprint density at radius 1 is 0.362 bits per heavy atom. The number of hydrogen-bond donors (Lipinski definition) is 0. The van der Waals surface area contributed by atoms with Crippen molar-refractivity contribution >= 4 is 32.7 Å². The number of hydrogen-bond acceptors (Lipinski definition) is 0. The third-order valence-electron chi connectivity index (χ3n) is 10.8. The topological polar surface area (TPSA) is 9.86 Å². The van der Waals surface area contributed by atoms with Crippen LogP contribution in [0, 0.1) is 0 Å². The van der Waals surface area contributed by atoms with E-state index >= 15 is 0 Å². The van der Waals surface area contributed by atoms with Crippen LogP contribution in [0.3, 0.4) is 0 Å². The number of para-hydroxylation sites is 2. The lowest BCUT2D eigenvalue weighted by Crippen LogP contribution is -2.26. The molecule has 2 aliphatic rings. The predicted octanol–water partition coefficient (Wildman–Crippen LogP) is 11.1. The van der Waals surface area contributed by atoms with E-state index in [4.69, 9.17) is 0 Å². The molecule has 9 aromatic rings. The van der Waals surface area contributed by atoms with Crippen molar-refractivity contribution in [2.24, 2.45) is 0 Å². The summed E-state index contributed by atoms with van der Waals surface area (Å²) in [7, 11) is 0. The molecule has 0 bridgehead atoms. The molecular weight excluding hydrogens is 569 g/mol. The molecule has 2 nitrogen and oxygen atoms in total. The molecule has 2 heterocycles. The Labute approximate surface area is 272 Å². The van der Waals surface area contributed by atoms with Crippen LogP contribution in [0.2, 0.25) is 0 Å². The van der Waals surface area contributed by atoms with Gasteiger partial charge in [-0.3, -0.25) is 0 Å². The average molecular weight is 597 g/mol. The van der Waals surface area contributed by atoms with Gasteiger partial charge in [0.25, 0.3) is 0 Å². The Hall–Kier alpha value is -6.12. The highest BCUT2D eigenvalue weighted by atomic mass is 15.0. The highest BCUT2D eigenvalue weighted by Gasteiger charge is 2.51. The molecule has 11 rings (SSSR count). The van der Waals surface area contributed by atoms with Crippen LogP contribution in [0.1, 0.15) is 22.3 Å². The summed E-state index contributed by atoms with van der Waals surface area (Å²) < 4.78 is 4.78. The summed E-state index contributed by atoms with van der Waals surface area (Å²) in [6.45, 7) is 0. The van der Waals surface area contributed by atoms with Gasteiger partial charge in [-0.15, -0.1) is 0 Å². The third-order valence-corrected chi connectivity index (χ3v) is 10.8. The van der Waals surface area contributed by atoms with E-state index in [-0.39, 0.29) is 5.41 Å². The molecular formula is C45H28N2. The van der Waals surface area contributed by atoms with Crippen molar-refractivity contribution in [3.05, 3.63) is 192 Å². The van der Waals surface area contributed by atoms with Crippen molar-refractivity contribution in [2.45, 2.75) is 5.41 Å². The van der Waals surface area contributed by atoms with Gasteiger partial charge in [-0.05, 0) is 93.0 Å². The molecule has 7 aromatic carbocycles. The van der Waals surface area contributed by atoms with Crippen molar-refractivity contribution in [2.75, 3.05) is 0 Å². The SMILES string of the molecule is c1ccc(-n2ccc3c4c5ccccc5n(-c5ccc6c(c5)C5(c7ccccc7-c7ccccc75)c5ccccc5-6)c4ccc32)cc1. The molecule has 47 heavy (non-hydrogen) atoms. The highest BCUT2D eigenvalue weighted by Crippen LogP contribution is 2.63. The molecule has 2 aromatic heterocycles. The fourth-order valence-electron chi connectivity index (χ4n) is 9.00. The number of benzene rings is 7. The van der Waals surface area contributed by atoms with Crippen LogP contribution in [0.15, 0.2) is 170 Å². The average Bonchev–Trinajstić information content (AvgIpc) is 3.87. The van der Waals surface area contributed by atoms with E-state index in [0.29, 0.717) is 0 Å². The highest BCUT2D eigenvalue weighted by molar-refractivity contribution is 6.21. The van der Waals surface area contributed by atoms with Crippen LogP contribution >= 0.6 is 0 Å². The number of fused-ring (bicyclic) bond motifs is 15. The minimum Gasteiger partial charge on any atom is -0.317 e. The van der Waals surface area contributed by atoms with Crippen molar-refractivity contribution < 1.29 is 0 Å². The van der Waals surface area contributed by atoms with Gasteiger partial charge in [-0.1, -0.05) is 115 Å². The molecule has 218 valence electrons. The van der Waals surface area contributed by atoms with E-state index in [9.17, 15) is 0 Å². The molecule has 0 amide bonds. The largest absolute Gasteiger partial charge is 0.317 e. The normalized spacial score (nSPS) is 13.7. The Morgan fingerprint density at radius 3 is 1.62 bits per heavy atom. The standard InChI is InChI=1S/C45H28N2/c1-2-12-29(13-3-1)46-27-26-36-41(46)24-25-43-44(36)35-17-7-11-21-42(35)47(43)30-22-23-34-33-16-6-10-20-39(33)45(40(34)28-30)37-18-8-4-14-31(37)32-15-5-9-19-38(32)45/h1-28H. The zero-order chi connectivity index (χ0) is 30.7.